The number of amides is 1. The molecule has 0 aliphatic rings. The van der Waals surface area contributed by atoms with Gasteiger partial charge in [-0.1, -0.05) is 13.3 Å². The second-order valence-corrected chi connectivity index (χ2v) is 4.34. The number of hydrogen-bond donors (Lipinski definition) is 3. The van der Waals surface area contributed by atoms with Crippen molar-refractivity contribution in [1.29, 1.82) is 0 Å². The van der Waals surface area contributed by atoms with Crippen molar-refractivity contribution in [3.63, 3.8) is 0 Å². The minimum Gasteiger partial charge on any atom is -0.481 e. The molecule has 0 aromatic heterocycles. The van der Waals surface area contributed by atoms with Crippen LogP contribution in [0.25, 0.3) is 0 Å². The van der Waals surface area contributed by atoms with Gasteiger partial charge in [-0.3, -0.25) is 9.59 Å². The summed E-state index contributed by atoms with van der Waals surface area (Å²) in [6, 6.07) is -0.553. The average molecular weight is 216 g/mol. The molecular weight excluding hydrogens is 196 g/mol. The molecule has 0 aliphatic heterocycles. The van der Waals surface area contributed by atoms with E-state index in [2.05, 4.69) is 5.32 Å². The lowest BCUT2D eigenvalue weighted by molar-refractivity contribution is -0.138. The summed E-state index contributed by atoms with van der Waals surface area (Å²) in [5, 5.41) is 11.2. The fourth-order valence-electron chi connectivity index (χ4n) is 1.29. The number of aliphatic carboxylic acids is 1. The topological polar surface area (TPSA) is 92.4 Å². The highest BCUT2D eigenvalue weighted by atomic mass is 16.4. The van der Waals surface area contributed by atoms with Crippen molar-refractivity contribution >= 4 is 11.9 Å². The van der Waals surface area contributed by atoms with Gasteiger partial charge in [0.15, 0.2) is 0 Å². The number of nitrogens with one attached hydrogen (secondary N) is 1. The van der Waals surface area contributed by atoms with Crippen LogP contribution in [-0.2, 0) is 9.59 Å². The van der Waals surface area contributed by atoms with Gasteiger partial charge in [-0.25, -0.2) is 0 Å². The van der Waals surface area contributed by atoms with Gasteiger partial charge >= 0.3 is 5.97 Å². The van der Waals surface area contributed by atoms with Gasteiger partial charge in [0.05, 0.1) is 12.5 Å². The highest BCUT2D eigenvalue weighted by Gasteiger charge is 2.25. The molecule has 1 atom stereocenters. The number of carboxylic acids is 1. The van der Waals surface area contributed by atoms with Crippen LogP contribution in [0, 0.1) is 0 Å². The molecular formula is C10H20N2O3. The predicted molar refractivity (Wildman–Crippen MR) is 57.4 cm³/mol. The van der Waals surface area contributed by atoms with Crippen LogP contribution < -0.4 is 11.1 Å². The first-order valence-corrected chi connectivity index (χ1v) is 5.08. The van der Waals surface area contributed by atoms with E-state index in [-0.39, 0.29) is 12.3 Å². The van der Waals surface area contributed by atoms with E-state index in [9.17, 15) is 9.59 Å². The molecule has 0 aliphatic carbocycles. The van der Waals surface area contributed by atoms with Crippen LogP contribution in [0.3, 0.4) is 0 Å². The van der Waals surface area contributed by atoms with Crippen molar-refractivity contribution in [3.05, 3.63) is 0 Å². The van der Waals surface area contributed by atoms with E-state index in [4.69, 9.17) is 10.8 Å². The number of carboxylic acid groups (broad SMARTS) is 1. The quantitative estimate of drug-likeness (QED) is 0.602. The zero-order valence-electron chi connectivity index (χ0n) is 9.54. The molecule has 15 heavy (non-hydrogen) atoms. The molecule has 5 nitrogen and oxygen atoms in total. The van der Waals surface area contributed by atoms with E-state index in [1.807, 2.05) is 6.92 Å². The molecule has 0 spiro atoms. The third-order valence-corrected chi connectivity index (χ3v) is 1.99. The molecule has 5 heteroatoms. The maximum Gasteiger partial charge on any atom is 0.305 e. The zero-order chi connectivity index (χ0) is 12.1. The predicted octanol–water partition coefficient (Wildman–Crippen LogP) is 0.483. The lowest BCUT2D eigenvalue weighted by atomic mass is 10.00. The van der Waals surface area contributed by atoms with Crippen molar-refractivity contribution < 1.29 is 14.7 Å². The first-order valence-electron chi connectivity index (χ1n) is 5.08. The third kappa shape index (κ3) is 6.06. The number of nitrogens with two attached hydrogens (primary N) is 1. The summed E-state index contributed by atoms with van der Waals surface area (Å²) in [6.07, 6.45) is 1.32. The van der Waals surface area contributed by atoms with Crippen molar-refractivity contribution in [2.24, 2.45) is 5.73 Å². The molecule has 0 fully saturated rings. The Morgan fingerprint density at radius 3 is 2.40 bits per heavy atom. The molecule has 0 rings (SSSR count). The van der Waals surface area contributed by atoms with Crippen LogP contribution in [0.4, 0.5) is 0 Å². The van der Waals surface area contributed by atoms with E-state index >= 15 is 0 Å². The summed E-state index contributed by atoms with van der Waals surface area (Å²) in [7, 11) is 0. The Hall–Kier alpha value is -1.10. The Morgan fingerprint density at radius 1 is 1.47 bits per heavy atom. The monoisotopic (exact) mass is 216 g/mol. The second-order valence-electron chi connectivity index (χ2n) is 4.34. The smallest absolute Gasteiger partial charge is 0.305 e. The van der Waals surface area contributed by atoms with E-state index in [0.29, 0.717) is 6.42 Å². The van der Waals surface area contributed by atoms with Crippen LogP contribution in [0.2, 0.25) is 0 Å². The van der Waals surface area contributed by atoms with Crippen LogP contribution in [0.15, 0.2) is 0 Å². The summed E-state index contributed by atoms with van der Waals surface area (Å²) in [5.41, 5.74) is 4.85. The van der Waals surface area contributed by atoms with Gasteiger partial charge < -0.3 is 16.2 Å². The van der Waals surface area contributed by atoms with Gasteiger partial charge in [-0.2, -0.15) is 0 Å². The van der Waals surface area contributed by atoms with Gasteiger partial charge in [0.25, 0.3) is 0 Å². The average Bonchev–Trinajstić information content (AvgIpc) is 2.00. The van der Waals surface area contributed by atoms with Crippen molar-refractivity contribution in [2.45, 2.75) is 51.6 Å². The molecule has 1 amide bonds. The first-order chi connectivity index (χ1) is 6.78. The highest BCUT2D eigenvalue weighted by Crippen LogP contribution is 2.08. The van der Waals surface area contributed by atoms with Crippen molar-refractivity contribution in [3.8, 4) is 0 Å². The first kappa shape index (κ1) is 13.9. The fourth-order valence-corrected chi connectivity index (χ4v) is 1.29. The number of carbonyl (C=O) groups is 2. The molecule has 0 bridgehead atoms. The van der Waals surface area contributed by atoms with E-state index in [0.717, 1.165) is 6.42 Å². The second kappa shape index (κ2) is 5.70. The minimum absolute atomic E-state index is 0.114. The largest absolute Gasteiger partial charge is 0.481 e. The molecule has 0 saturated heterocycles. The number of rotatable bonds is 6. The van der Waals surface area contributed by atoms with Crippen LogP contribution in [-0.4, -0.2) is 28.6 Å². The molecule has 0 aromatic rings. The summed E-state index contributed by atoms with van der Waals surface area (Å²) < 4.78 is 0. The van der Waals surface area contributed by atoms with E-state index in [1.165, 1.54) is 0 Å². The van der Waals surface area contributed by atoms with E-state index < -0.39 is 17.6 Å². The molecule has 88 valence electrons. The van der Waals surface area contributed by atoms with Crippen LogP contribution >= 0.6 is 0 Å². The molecule has 0 saturated carbocycles. The Labute approximate surface area is 90.0 Å². The maximum atomic E-state index is 11.5. The zero-order valence-corrected chi connectivity index (χ0v) is 9.54. The Balaban J connectivity index is 4.20. The maximum absolute atomic E-state index is 11.5. The van der Waals surface area contributed by atoms with Gasteiger partial charge in [0.2, 0.25) is 5.91 Å². The molecule has 0 heterocycles. The van der Waals surface area contributed by atoms with Crippen molar-refractivity contribution in [1.82, 2.24) is 5.32 Å². The number of carbonyl (C=O) groups excluding carboxylic acids is 1. The van der Waals surface area contributed by atoms with Gasteiger partial charge in [0, 0.05) is 5.54 Å². The summed E-state index contributed by atoms with van der Waals surface area (Å²) in [5.74, 6) is -1.23. The Bertz CT molecular complexity index is 239. The lowest BCUT2D eigenvalue weighted by Gasteiger charge is -2.26. The standard InChI is InChI=1S/C10H20N2O3/c1-4-5-7(11)9(15)12-10(2,3)6-8(13)14/h7H,4-6,11H2,1-3H3,(H,12,15)(H,13,14)/t7-/m1/s1. The summed E-state index contributed by atoms with van der Waals surface area (Å²) >= 11 is 0. The minimum atomic E-state index is -0.940. The summed E-state index contributed by atoms with van der Waals surface area (Å²) in [4.78, 5) is 22.0. The molecule has 4 N–H and O–H groups in total. The Kier molecular flexibility index (Phi) is 5.28. The molecule has 0 radical (unpaired) electrons. The number of hydrogen-bond acceptors (Lipinski definition) is 3. The third-order valence-electron chi connectivity index (χ3n) is 1.99. The van der Waals surface area contributed by atoms with Crippen molar-refractivity contribution in [2.75, 3.05) is 0 Å². The SMILES string of the molecule is CCC[C@@H](N)C(=O)NC(C)(C)CC(=O)O. The van der Waals surface area contributed by atoms with Crippen LogP contribution in [0.1, 0.15) is 40.0 Å². The van der Waals surface area contributed by atoms with Gasteiger partial charge in [-0.15, -0.1) is 0 Å². The highest BCUT2D eigenvalue weighted by molar-refractivity contribution is 5.82. The van der Waals surface area contributed by atoms with Gasteiger partial charge in [-0.05, 0) is 20.3 Å². The van der Waals surface area contributed by atoms with E-state index in [1.54, 1.807) is 13.8 Å². The molecule has 0 unspecified atom stereocenters. The summed E-state index contributed by atoms with van der Waals surface area (Å²) in [6.45, 7) is 5.27. The normalized spacial score (nSPS) is 13.3. The van der Waals surface area contributed by atoms with Gasteiger partial charge in [0.1, 0.15) is 0 Å². The Morgan fingerprint density at radius 2 is 2.00 bits per heavy atom. The van der Waals surface area contributed by atoms with Crippen LogP contribution in [0.5, 0.6) is 0 Å². The molecule has 0 aromatic carbocycles. The fraction of sp³-hybridized carbons (Fsp3) is 0.800. The lowest BCUT2D eigenvalue weighted by Crippen LogP contribution is -2.51.